The summed E-state index contributed by atoms with van der Waals surface area (Å²) in [7, 11) is 0. The molecule has 0 aliphatic carbocycles. The van der Waals surface area contributed by atoms with Gasteiger partial charge in [-0.05, 0) is 20.8 Å². The van der Waals surface area contributed by atoms with Crippen molar-refractivity contribution in [2.45, 2.75) is 33.6 Å². The van der Waals surface area contributed by atoms with Crippen molar-refractivity contribution in [1.82, 2.24) is 0 Å². The average Bonchev–Trinajstić information content (AvgIpc) is 1.97. The van der Waals surface area contributed by atoms with Crippen molar-refractivity contribution in [2.24, 2.45) is 5.92 Å². The lowest BCUT2D eigenvalue weighted by Crippen LogP contribution is -2.23. The zero-order chi connectivity index (χ0) is 11.3. The number of carbonyl (C=O) groups is 4. The molecule has 4 nitrogen and oxygen atoms in total. The molecule has 0 saturated carbocycles. The molecule has 0 rings (SSSR count). The van der Waals surface area contributed by atoms with Crippen molar-refractivity contribution in [3.8, 4) is 0 Å². The molecular weight excluding hydrogens is 184 g/mol. The van der Waals surface area contributed by atoms with Gasteiger partial charge in [0.2, 0.25) is 0 Å². The van der Waals surface area contributed by atoms with Gasteiger partial charge in [0.05, 0.1) is 12.3 Å². The van der Waals surface area contributed by atoms with Crippen LogP contribution in [0, 0.1) is 5.92 Å². The minimum absolute atomic E-state index is 0.149. The smallest absolute Gasteiger partial charge is 0.141 e. The van der Waals surface area contributed by atoms with E-state index < -0.39 is 5.92 Å². The third-order valence-corrected chi connectivity index (χ3v) is 1.86. The summed E-state index contributed by atoms with van der Waals surface area (Å²) in [4.78, 5) is 43.6. The first kappa shape index (κ1) is 12.7. The van der Waals surface area contributed by atoms with E-state index in [-0.39, 0.29) is 36.0 Å². The zero-order valence-electron chi connectivity index (χ0n) is 8.62. The van der Waals surface area contributed by atoms with Gasteiger partial charge in [0, 0.05) is 6.42 Å². The molecule has 14 heavy (non-hydrogen) atoms. The minimum Gasteiger partial charge on any atom is -0.300 e. The molecule has 78 valence electrons. The molecule has 0 aromatic heterocycles. The Morgan fingerprint density at radius 2 is 1.36 bits per heavy atom. The fourth-order valence-electron chi connectivity index (χ4n) is 1.15. The standard InChI is InChI=1S/C10H14O4/c1-6(11)4-9(14)5-10(7(2)12)8(3)13/h10H,4-5H2,1-3H3. The van der Waals surface area contributed by atoms with E-state index in [9.17, 15) is 19.2 Å². The minimum atomic E-state index is -0.873. The molecular formula is C10H14O4. The fourth-order valence-corrected chi connectivity index (χ4v) is 1.15. The Hall–Kier alpha value is -1.32. The monoisotopic (exact) mass is 198 g/mol. The molecule has 4 heteroatoms. The molecule has 0 amide bonds. The van der Waals surface area contributed by atoms with E-state index >= 15 is 0 Å². The van der Waals surface area contributed by atoms with Crippen LogP contribution in [0.2, 0.25) is 0 Å². The first-order valence-electron chi connectivity index (χ1n) is 4.36. The van der Waals surface area contributed by atoms with Crippen molar-refractivity contribution < 1.29 is 19.2 Å². The van der Waals surface area contributed by atoms with Gasteiger partial charge in [-0.3, -0.25) is 19.2 Å². The highest BCUT2D eigenvalue weighted by Gasteiger charge is 2.23. The van der Waals surface area contributed by atoms with Crippen LogP contribution < -0.4 is 0 Å². The normalized spacial score (nSPS) is 10.0. The van der Waals surface area contributed by atoms with Crippen LogP contribution in [0.5, 0.6) is 0 Å². The number of carbonyl (C=O) groups excluding carboxylic acids is 4. The lowest BCUT2D eigenvalue weighted by molar-refractivity contribution is -0.136. The summed E-state index contributed by atoms with van der Waals surface area (Å²) in [5.41, 5.74) is 0. The van der Waals surface area contributed by atoms with Gasteiger partial charge >= 0.3 is 0 Å². The topological polar surface area (TPSA) is 68.3 Å². The quantitative estimate of drug-likeness (QED) is 0.590. The number of rotatable bonds is 6. The maximum Gasteiger partial charge on any atom is 0.141 e. The van der Waals surface area contributed by atoms with Crippen LogP contribution in [0.3, 0.4) is 0 Å². The van der Waals surface area contributed by atoms with Crippen LogP contribution in [0.25, 0.3) is 0 Å². The van der Waals surface area contributed by atoms with Crippen molar-refractivity contribution in [3.63, 3.8) is 0 Å². The Morgan fingerprint density at radius 3 is 1.64 bits per heavy atom. The molecule has 0 saturated heterocycles. The van der Waals surface area contributed by atoms with Crippen molar-refractivity contribution >= 4 is 23.1 Å². The Bertz CT molecular complexity index is 264. The second-order valence-electron chi connectivity index (χ2n) is 3.40. The van der Waals surface area contributed by atoms with Crippen LogP contribution in [0.1, 0.15) is 33.6 Å². The maximum absolute atomic E-state index is 11.1. The lowest BCUT2D eigenvalue weighted by Gasteiger charge is -2.07. The molecule has 0 spiro atoms. The molecule has 0 aliphatic heterocycles. The Labute approximate surface area is 82.7 Å². The number of Topliss-reactive ketones (excluding diaryl/α,β-unsaturated/α-hetero) is 4. The highest BCUT2D eigenvalue weighted by atomic mass is 16.2. The number of ketones is 4. The van der Waals surface area contributed by atoms with E-state index in [0.717, 1.165) is 0 Å². The number of hydrogen-bond acceptors (Lipinski definition) is 4. The summed E-state index contributed by atoms with van der Waals surface area (Å²) < 4.78 is 0. The van der Waals surface area contributed by atoms with E-state index in [1.54, 1.807) is 0 Å². The summed E-state index contributed by atoms with van der Waals surface area (Å²) in [6.45, 7) is 3.84. The molecule has 0 atom stereocenters. The molecule has 0 heterocycles. The third-order valence-electron chi connectivity index (χ3n) is 1.86. The Kier molecular flexibility index (Phi) is 4.91. The second-order valence-corrected chi connectivity index (χ2v) is 3.40. The lowest BCUT2D eigenvalue weighted by atomic mass is 9.93. The second kappa shape index (κ2) is 5.42. The molecule has 0 aromatic rings. The fraction of sp³-hybridized carbons (Fsp3) is 0.600. The molecule has 0 fully saturated rings. The van der Waals surface area contributed by atoms with E-state index in [1.165, 1.54) is 20.8 Å². The molecule has 0 aromatic carbocycles. The van der Waals surface area contributed by atoms with Gasteiger partial charge in [-0.15, -0.1) is 0 Å². The van der Waals surface area contributed by atoms with Gasteiger partial charge in [-0.2, -0.15) is 0 Å². The molecule has 0 aliphatic rings. The summed E-state index contributed by atoms with van der Waals surface area (Å²) in [6.07, 6.45) is -0.346. The van der Waals surface area contributed by atoms with Gasteiger partial charge in [0.25, 0.3) is 0 Å². The maximum atomic E-state index is 11.1. The van der Waals surface area contributed by atoms with E-state index in [0.29, 0.717) is 0 Å². The predicted octanol–water partition coefficient (Wildman–Crippen LogP) is 0.719. The van der Waals surface area contributed by atoms with Crippen LogP contribution in [-0.2, 0) is 19.2 Å². The number of hydrogen-bond donors (Lipinski definition) is 0. The van der Waals surface area contributed by atoms with Crippen molar-refractivity contribution in [3.05, 3.63) is 0 Å². The largest absolute Gasteiger partial charge is 0.300 e. The summed E-state index contributed by atoms with van der Waals surface area (Å²) in [5, 5.41) is 0. The van der Waals surface area contributed by atoms with Crippen LogP contribution in [0.15, 0.2) is 0 Å². The first-order valence-corrected chi connectivity index (χ1v) is 4.36. The van der Waals surface area contributed by atoms with Gasteiger partial charge in [0.15, 0.2) is 0 Å². The average molecular weight is 198 g/mol. The summed E-state index contributed by atoms with van der Waals surface area (Å²) in [6, 6.07) is 0. The molecule has 0 radical (unpaired) electrons. The van der Waals surface area contributed by atoms with Crippen LogP contribution in [0.4, 0.5) is 0 Å². The predicted molar refractivity (Wildman–Crippen MR) is 49.8 cm³/mol. The Morgan fingerprint density at radius 1 is 0.929 bits per heavy atom. The van der Waals surface area contributed by atoms with Gasteiger partial charge in [-0.25, -0.2) is 0 Å². The SMILES string of the molecule is CC(=O)CC(=O)CC(C(C)=O)C(C)=O. The highest BCUT2D eigenvalue weighted by Crippen LogP contribution is 2.08. The third kappa shape index (κ3) is 4.64. The van der Waals surface area contributed by atoms with Crippen LogP contribution >= 0.6 is 0 Å². The highest BCUT2D eigenvalue weighted by molar-refractivity contribution is 6.06. The van der Waals surface area contributed by atoms with Gasteiger partial charge in [-0.1, -0.05) is 0 Å². The summed E-state index contributed by atoms with van der Waals surface area (Å²) in [5.74, 6) is -2.13. The van der Waals surface area contributed by atoms with Crippen molar-refractivity contribution in [2.75, 3.05) is 0 Å². The van der Waals surface area contributed by atoms with Crippen molar-refractivity contribution in [1.29, 1.82) is 0 Å². The first-order chi connectivity index (χ1) is 6.34. The zero-order valence-corrected chi connectivity index (χ0v) is 8.62. The molecule has 0 N–H and O–H groups in total. The molecule has 0 unspecified atom stereocenters. The van der Waals surface area contributed by atoms with Gasteiger partial charge < -0.3 is 0 Å². The van der Waals surface area contributed by atoms with E-state index in [2.05, 4.69) is 0 Å². The van der Waals surface area contributed by atoms with E-state index in [1.807, 2.05) is 0 Å². The van der Waals surface area contributed by atoms with E-state index in [4.69, 9.17) is 0 Å². The Balaban J connectivity index is 4.31. The summed E-state index contributed by atoms with van der Waals surface area (Å²) >= 11 is 0. The van der Waals surface area contributed by atoms with Crippen LogP contribution in [-0.4, -0.2) is 23.1 Å². The van der Waals surface area contributed by atoms with Gasteiger partial charge in [0.1, 0.15) is 23.1 Å². The molecule has 0 bridgehead atoms.